The Morgan fingerprint density at radius 2 is 1.12 bits per heavy atom. The molecule has 0 aliphatic carbocycles. The van der Waals surface area contributed by atoms with Crippen molar-refractivity contribution in [2.45, 2.75) is 97.5 Å². The molecular formula is C37H46O6. The maximum atomic E-state index is 12.7. The van der Waals surface area contributed by atoms with Gasteiger partial charge in [0.2, 0.25) is 0 Å². The molecule has 0 fully saturated rings. The van der Waals surface area contributed by atoms with E-state index in [9.17, 15) is 14.4 Å². The van der Waals surface area contributed by atoms with Crippen LogP contribution in [0.15, 0.2) is 72.8 Å². The van der Waals surface area contributed by atoms with Crippen LogP contribution in [0.25, 0.3) is 11.1 Å². The molecule has 0 radical (unpaired) electrons. The van der Waals surface area contributed by atoms with Crippen molar-refractivity contribution < 1.29 is 28.6 Å². The Hall–Kier alpha value is -3.93. The SMILES string of the molecule is CCCCCCCCCCc1ccc(-c2ccc(C(=O)Oc3ccc(C(=O)O[C@@H](C)C(=O)OCCCC)cc3)cc2)cc1. The average Bonchev–Trinajstić information content (AvgIpc) is 3.03. The zero-order valence-corrected chi connectivity index (χ0v) is 25.9. The Balaban J connectivity index is 1.44. The number of unbranched alkanes of at least 4 members (excludes halogenated alkanes) is 8. The number of hydrogen-bond donors (Lipinski definition) is 0. The van der Waals surface area contributed by atoms with E-state index in [4.69, 9.17) is 14.2 Å². The van der Waals surface area contributed by atoms with Crippen LogP contribution >= 0.6 is 0 Å². The molecule has 6 heteroatoms. The van der Waals surface area contributed by atoms with Gasteiger partial charge in [-0.05, 0) is 79.3 Å². The van der Waals surface area contributed by atoms with Gasteiger partial charge in [0.25, 0.3) is 0 Å². The topological polar surface area (TPSA) is 78.9 Å². The molecule has 0 amide bonds. The molecule has 0 saturated heterocycles. The van der Waals surface area contributed by atoms with Gasteiger partial charge in [0, 0.05) is 0 Å². The summed E-state index contributed by atoms with van der Waals surface area (Å²) in [7, 11) is 0. The standard InChI is InChI=1S/C37H46O6/c1-4-6-8-9-10-11-12-13-14-29-15-17-30(18-16-29)31-19-21-32(22-20-31)37(40)43-34-25-23-33(24-26-34)36(39)42-28(3)35(38)41-27-7-5-2/h15-26,28H,4-14,27H2,1-3H3/t28-/m0/s1. The first kappa shape index (κ1) is 33.6. The number of aryl methyl sites for hydroxylation is 1. The van der Waals surface area contributed by atoms with E-state index < -0.39 is 24.0 Å². The summed E-state index contributed by atoms with van der Waals surface area (Å²) in [5.74, 6) is -1.44. The van der Waals surface area contributed by atoms with Crippen LogP contribution in [0.2, 0.25) is 0 Å². The first-order valence-corrected chi connectivity index (χ1v) is 15.8. The zero-order valence-electron chi connectivity index (χ0n) is 25.9. The molecule has 1 atom stereocenters. The molecule has 0 heterocycles. The Bertz CT molecular complexity index is 1260. The van der Waals surface area contributed by atoms with Crippen LogP contribution < -0.4 is 4.74 Å². The zero-order chi connectivity index (χ0) is 30.9. The van der Waals surface area contributed by atoms with Crippen LogP contribution in [0.3, 0.4) is 0 Å². The molecule has 3 rings (SSSR count). The van der Waals surface area contributed by atoms with Crippen LogP contribution in [0, 0.1) is 0 Å². The molecule has 0 bridgehead atoms. The third-order valence-electron chi connectivity index (χ3n) is 7.39. The minimum atomic E-state index is -1.01. The van der Waals surface area contributed by atoms with Crippen LogP contribution in [-0.2, 0) is 20.7 Å². The van der Waals surface area contributed by atoms with Crippen molar-refractivity contribution in [2.75, 3.05) is 6.61 Å². The van der Waals surface area contributed by atoms with Gasteiger partial charge >= 0.3 is 17.9 Å². The van der Waals surface area contributed by atoms with Gasteiger partial charge in [-0.15, -0.1) is 0 Å². The summed E-state index contributed by atoms with van der Waals surface area (Å²) in [6, 6.07) is 22.0. The summed E-state index contributed by atoms with van der Waals surface area (Å²) in [5, 5.41) is 0. The molecule has 0 aromatic heterocycles. The summed E-state index contributed by atoms with van der Waals surface area (Å²) in [6.45, 7) is 6.02. The van der Waals surface area contributed by atoms with Crippen LogP contribution in [0.5, 0.6) is 5.75 Å². The smallest absolute Gasteiger partial charge is 0.347 e. The van der Waals surface area contributed by atoms with E-state index >= 15 is 0 Å². The molecule has 6 nitrogen and oxygen atoms in total. The molecule has 0 unspecified atom stereocenters. The molecule has 3 aromatic rings. The van der Waals surface area contributed by atoms with Gasteiger partial charge < -0.3 is 14.2 Å². The number of carbonyl (C=O) groups is 3. The van der Waals surface area contributed by atoms with E-state index in [2.05, 4.69) is 31.2 Å². The highest BCUT2D eigenvalue weighted by Gasteiger charge is 2.20. The average molecular weight is 587 g/mol. The minimum Gasteiger partial charge on any atom is -0.463 e. The van der Waals surface area contributed by atoms with Crippen molar-refractivity contribution in [3.63, 3.8) is 0 Å². The highest BCUT2D eigenvalue weighted by atomic mass is 16.6. The lowest BCUT2D eigenvalue weighted by atomic mass is 10.00. The van der Waals surface area contributed by atoms with Crippen molar-refractivity contribution in [3.8, 4) is 16.9 Å². The van der Waals surface area contributed by atoms with E-state index in [0.29, 0.717) is 17.9 Å². The van der Waals surface area contributed by atoms with E-state index in [-0.39, 0.29) is 5.56 Å². The van der Waals surface area contributed by atoms with Crippen molar-refractivity contribution >= 4 is 17.9 Å². The van der Waals surface area contributed by atoms with Crippen LogP contribution in [-0.4, -0.2) is 30.6 Å². The largest absolute Gasteiger partial charge is 0.463 e. The molecule has 3 aromatic carbocycles. The highest BCUT2D eigenvalue weighted by molar-refractivity contribution is 5.93. The molecule has 0 aliphatic rings. The highest BCUT2D eigenvalue weighted by Crippen LogP contribution is 2.22. The van der Waals surface area contributed by atoms with Crippen molar-refractivity contribution in [3.05, 3.63) is 89.5 Å². The fourth-order valence-electron chi connectivity index (χ4n) is 4.66. The summed E-state index contributed by atoms with van der Waals surface area (Å²) in [4.78, 5) is 37.0. The van der Waals surface area contributed by atoms with E-state index in [1.54, 1.807) is 12.1 Å². The summed E-state index contributed by atoms with van der Waals surface area (Å²) in [6.07, 6.45) is 12.3. The maximum Gasteiger partial charge on any atom is 0.347 e. The van der Waals surface area contributed by atoms with Crippen molar-refractivity contribution in [2.24, 2.45) is 0 Å². The van der Waals surface area contributed by atoms with E-state index in [1.165, 1.54) is 88.1 Å². The number of esters is 3. The molecule has 0 saturated carbocycles. The van der Waals surface area contributed by atoms with Crippen molar-refractivity contribution in [1.29, 1.82) is 0 Å². The number of hydrogen-bond acceptors (Lipinski definition) is 6. The maximum absolute atomic E-state index is 12.7. The lowest BCUT2D eigenvalue weighted by molar-refractivity contribution is -0.153. The first-order chi connectivity index (χ1) is 20.9. The summed E-state index contributed by atoms with van der Waals surface area (Å²) < 4.78 is 15.8. The molecule has 230 valence electrons. The lowest BCUT2D eigenvalue weighted by Crippen LogP contribution is -2.26. The fourth-order valence-corrected chi connectivity index (χ4v) is 4.66. The Morgan fingerprint density at radius 3 is 1.72 bits per heavy atom. The second-order valence-electron chi connectivity index (χ2n) is 11.0. The van der Waals surface area contributed by atoms with Crippen LogP contribution in [0.1, 0.15) is 111 Å². The summed E-state index contributed by atoms with van der Waals surface area (Å²) >= 11 is 0. The van der Waals surface area contributed by atoms with Gasteiger partial charge in [-0.1, -0.05) is 102 Å². The van der Waals surface area contributed by atoms with Crippen molar-refractivity contribution in [1.82, 2.24) is 0 Å². The molecular weight excluding hydrogens is 540 g/mol. The monoisotopic (exact) mass is 586 g/mol. The predicted octanol–water partition coefficient (Wildman–Crippen LogP) is 9.14. The number of rotatable bonds is 18. The number of ether oxygens (including phenoxy) is 3. The lowest BCUT2D eigenvalue weighted by Gasteiger charge is -2.13. The van der Waals surface area contributed by atoms with Gasteiger partial charge in [0.15, 0.2) is 6.10 Å². The van der Waals surface area contributed by atoms with Gasteiger partial charge in [0.1, 0.15) is 5.75 Å². The third kappa shape index (κ3) is 11.7. The second kappa shape index (κ2) is 18.6. The molecule has 0 aliphatic heterocycles. The third-order valence-corrected chi connectivity index (χ3v) is 7.39. The van der Waals surface area contributed by atoms with Gasteiger partial charge in [-0.3, -0.25) is 0 Å². The Labute approximate surface area is 256 Å². The van der Waals surface area contributed by atoms with Gasteiger partial charge in [0.05, 0.1) is 17.7 Å². The molecule has 43 heavy (non-hydrogen) atoms. The molecule has 0 spiro atoms. The number of carbonyl (C=O) groups excluding carboxylic acids is 3. The van der Waals surface area contributed by atoms with Gasteiger partial charge in [-0.25, -0.2) is 14.4 Å². The Kier molecular flexibility index (Phi) is 14.5. The Morgan fingerprint density at radius 1 is 0.605 bits per heavy atom. The first-order valence-electron chi connectivity index (χ1n) is 15.8. The predicted molar refractivity (Wildman–Crippen MR) is 170 cm³/mol. The number of benzene rings is 3. The molecule has 0 N–H and O–H groups in total. The quantitative estimate of drug-likeness (QED) is 0.0840. The normalized spacial score (nSPS) is 11.5. The minimum absolute atomic E-state index is 0.237. The summed E-state index contributed by atoms with van der Waals surface area (Å²) in [5.41, 5.74) is 4.15. The van der Waals surface area contributed by atoms with E-state index in [1.807, 2.05) is 19.1 Å². The fraction of sp³-hybridized carbons (Fsp3) is 0.432. The van der Waals surface area contributed by atoms with Gasteiger partial charge in [-0.2, -0.15) is 0 Å². The van der Waals surface area contributed by atoms with Crippen LogP contribution in [0.4, 0.5) is 0 Å². The van der Waals surface area contributed by atoms with E-state index in [0.717, 1.165) is 30.4 Å². The second-order valence-corrected chi connectivity index (χ2v) is 11.0.